The van der Waals surface area contributed by atoms with E-state index in [4.69, 9.17) is 0 Å². The van der Waals surface area contributed by atoms with Gasteiger partial charge in [-0.3, -0.25) is 4.79 Å². The van der Waals surface area contributed by atoms with Crippen LogP contribution in [0.3, 0.4) is 0 Å². The van der Waals surface area contributed by atoms with E-state index in [9.17, 15) is 4.79 Å². The standard InChI is InChI=1S/C21H17NO/c23-21(22-14-15-7-2-1-3-8-15)19-12-6-10-17-13-16-9-4-5-11-18(16)20(17)19/h1-12H,13-14H2,(H,22,23). The summed E-state index contributed by atoms with van der Waals surface area (Å²) in [5.74, 6) is -0.0117. The molecule has 1 aliphatic carbocycles. The van der Waals surface area contributed by atoms with Crippen molar-refractivity contribution >= 4 is 5.91 Å². The summed E-state index contributed by atoms with van der Waals surface area (Å²) >= 11 is 0. The molecule has 0 radical (unpaired) electrons. The van der Waals surface area contributed by atoms with Gasteiger partial charge in [-0.05, 0) is 40.3 Å². The van der Waals surface area contributed by atoms with E-state index in [1.165, 1.54) is 16.7 Å². The van der Waals surface area contributed by atoms with E-state index in [-0.39, 0.29) is 5.91 Å². The summed E-state index contributed by atoms with van der Waals surface area (Å²) < 4.78 is 0. The highest BCUT2D eigenvalue weighted by Gasteiger charge is 2.23. The van der Waals surface area contributed by atoms with Crippen LogP contribution in [0.2, 0.25) is 0 Å². The van der Waals surface area contributed by atoms with Crippen LogP contribution in [0, 0.1) is 0 Å². The average Bonchev–Trinajstić information content (AvgIpc) is 2.99. The summed E-state index contributed by atoms with van der Waals surface area (Å²) in [5, 5.41) is 3.04. The van der Waals surface area contributed by atoms with Gasteiger partial charge in [0.25, 0.3) is 5.91 Å². The molecule has 3 aromatic carbocycles. The van der Waals surface area contributed by atoms with E-state index in [1.54, 1.807) is 0 Å². The van der Waals surface area contributed by atoms with Crippen LogP contribution in [-0.2, 0) is 13.0 Å². The molecule has 23 heavy (non-hydrogen) atoms. The Balaban J connectivity index is 1.64. The van der Waals surface area contributed by atoms with Crippen LogP contribution >= 0.6 is 0 Å². The minimum absolute atomic E-state index is 0.0117. The molecule has 0 saturated carbocycles. The van der Waals surface area contributed by atoms with E-state index < -0.39 is 0 Å². The zero-order chi connectivity index (χ0) is 15.6. The van der Waals surface area contributed by atoms with E-state index in [0.29, 0.717) is 6.54 Å². The van der Waals surface area contributed by atoms with Crippen molar-refractivity contribution in [3.8, 4) is 11.1 Å². The van der Waals surface area contributed by atoms with Crippen LogP contribution in [0.15, 0.2) is 72.8 Å². The summed E-state index contributed by atoms with van der Waals surface area (Å²) in [6.07, 6.45) is 0.908. The molecule has 1 amide bonds. The zero-order valence-corrected chi connectivity index (χ0v) is 12.8. The van der Waals surface area contributed by atoms with E-state index in [2.05, 4.69) is 29.6 Å². The Morgan fingerprint density at radius 2 is 1.57 bits per heavy atom. The summed E-state index contributed by atoms with van der Waals surface area (Å²) in [5.41, 5.74) is 6.68. The Morgan fingerprint density at radius 3 is 2.43 bits per heavy atom. The number of rotatable bonds is 3. The molecule has 4 rings (SSSR count). The predicted octanol–water partition coefficient (Wildman–Crippen LogP) is 4.19. The molecule has 3 aromatic rings. The third-order valence-electron chi connectivity index (χ3n) is 4.36. The lowest BCUT2D eigenvalue weighted by Gasteiger charge is -2.10. The Bertz CT molecular complexity index is 868. The molecule has 0 unspecified atom stereocenters. The van der Waals surface area contributed by atoms with Gasteiger partial charge in [0, 0.05) is 12.1 Å². The Labute approximate surface area is 135 Å². The van der Waals surface area contributed by atoms with Gasteiger partial charge >= 0.3 is 0 Å². The van der Waals surface area contributed by atoms with Crippen LogP contribution in [-0.4, -0.2) is 5.91 Å². The van der Waals surface area contributed by atoms with Crippen molar-refractivity contribution in [2.24, 2.45) is 0 Å². The molecule has 112 valence electrons. The number of nitrogens with one attached hydrogen (secondary N) is 1. The number of benzene rings is 3. The lowest BCUT2D eigenvalue weighted by Crippen LogP contribution is -2.23. The zero-order valence-electron chi connectivity index (χ0n) is 12.8. The lowest BCUT2D eigenvalue weighted by molar-refractivity contribution is 0.0951. The molecule has 0 aromatic heterocycles. The first-order valence-electron chi connectivity index (χ1n) is 7.85. The fraction of sp³-hybridized carbons (Fsp3) is 0.0952. The van der Waals surface area contributed by atoms with Gasteiger partial charge in [-0.25, -0.2) is 0 Å². The Morgan fingerprint density at radius 1 is 0.826 bits per heavy atom. The van der Waals surface area contributed by atoms with Crippen LogP contribution in [0.25, 0.3) is 11.1 Å². The maximum Gasteiger partial charge on any atom is 0.252 e. The van der Waals surface area contributed by atoms with E-state index in [1.807, 2.05) is 48.5 Å². The Hall–Kier alpha value is -2.87. The highest BCUT2D eigenvalue weighted by atomic mass is 16.1. The predicted molar refractivity (Wildman–Crippen MR) is 92.3 cm³/mol. The first-order valence-corrected chi connectivity index (χ1v) is 7.85. The van der Waals surface area contributed by atoms with Gasteiger partial charge in [0.1, 0.15) is 0 Å². The first kappa shape index (κ1) is 13.8. The van der Waals surface area contributed by atoms with Gasteiger partial charge in [-0.1, -0.05) is 66.7 Å². The molecular weight excluding hydrogens is 282 g/mol. The molecule has 0 saturated heterocycles. The largest absolute Gasteiger partial charge is 0.348 e. The summed E-state index contributed by atoms with van der Waals surface area (Å²) in [4.78, 5) is 12.7. The minimum atomic E-state index is -0.0117. The molecule has 0 atom stereocenters. The highest BCUT2D eigenvalue weighted by molar-refractivity contribution is 6.03. The second-order valence-electron chi connectivity index (χ2n) is 5.84. The van der Waals surface area contributed by atoms with Crippen LogP contribution in [0.4, 0.5) is 0 Å². The quantitative estimate of drug-likeness (QED) is 0.604. The van der Waals surface area contributed by atoms with Gasteiger partial charge < -0.3 is 5.32 Å². The number of amides is 1. The van der Waals surface area contributed by atoms with Crippen molar-refractivity contribution in [3.05, 3.63) is 95.1 Å². The number of carbonyl (C=O) groups excluding carboxylic acids is 1. The number of hydrogen-bond donors (Lipinski definition) is 1. The summed E-state index contributed by atoms with van der Waals surface area (Å²) in [6, 6.07) is 24.3. The monoisotopic (exact) mass is 299 g/mol. The summed E-state index contributed by atoms with van der Waals surface area (Å²) in [7, 11) is 0. The molecule has 0 spiro atoms. The van der Waals surface area contributed by atoms with E-state index in [0.717, 1.165) is 23.1 Å². The smallest absolute Gasteiger partial charge is 0.252 e. The van der Waals surface area contributed by atoms with Crippen molar-refractivity contribution in [1.82, 2.24) is 5.32 Å². The third-order valence-corrected chi connectivity index (χ3v) is 4.36. The van der Waals surface area contributed by atoms with Crippen LogP contribution in [0.1, 0.15) is 27.0 Å². The number of fused-ring (bicyclic) bond motifs is 3. The maximum atomic E-state index is 12.7. The second kappa shape index (κ2) is 5.73. The summed E-state index contributed by atoms with van der Waals surface area (Å²) in [6.45, 7) is 0.547. The molecule has 2 nitrogen and oxygen atoms in total. The van der Waals surface area contributed by atoms with Crippen molar-refractivity contribution in [3.63, 3.8) is 0 Å². The maximum absolute atomic E-state index is 12.7. The topological polar surface area (TPSA) is 29.1 Å². The normalized spacial score (nSPS) is 11.7. The highest BCUT2D eigenvalue weighted by Crippen LogP contribution is 2.38. The molecule has 0 aliphatic heterocycles. The first-order chi connectivity index (χ1) is 11.3. The molecule has 1 aliphatic rings. The van der Waals surface area contributed by atoms with Crippen molar-refractivity contribution in [2.75, 3.05) is 0 Å². The second-order valence-corrected chi connectivity index (χ2v) is 5.84. The fourth-order valence-corrected chi connectivity index (χ4v) is 3.25. The molecule has 0 bridgehead atoms. The van der Waals surface area contributed by atoms with Gasteiger partial charge in [0.2, 0.25) is 0 Å². The molecular formula is C21H17NO. The molecule has 0 fully saturated rings. The minimum Gasteiger partial charge on any atom is -0.348 e. The van der Waals surface area contributed by atoms with Crippen molar-refractivity contribution in [1.29, 1.82) is 0 Å². The average molecular weight is 299 g/mol. The third kappa shape index (κ3) is 2.53. The van der Waals surface area contributed by atoms with Gasteiger partial charge in [0.05, 0.1) is 0 Å². The van der Waals surface area contributed by atoms with Crippen LogP contribution < -0.4 is 5.32 Å². The number of hydrogen-bond acceptors (Lipinski definition) is 1. The van der Waals surface area contributed by atoms with Crippen LogP contribution in [0.5, 0.6) is 0 Å². The van der Waals surface area contributed by atoms with Gasteiger partial charge in [-0.15, -0.1) is 0 Å². The van der Waals surface area contributed by atoms with Gasteiger partial charge in [0.15, 0.2) is 0 Å². The van der Waals surface area contributed by atoms with Crippen molar-refractivity contribution in [2.45, 2.75) is 13.0 Å². The lowest BCUT2D eigenvalue weighted by atomic mass is 9.99. The van der Waals surface area contributed by atoms with Crippen molar-refractivity contribution < 1.29 is 4.79 Å². The molecule has 0 heterocycles. The van der Waals surface area contributed by atoms with Gasteiger partial charge in [-0.2, -0.15) is 0 Å². The SMILES string of the molecule is O=C(NCc1ccccc1)c1cccc2c1-c1ccccc1C2. The molecule has 1 N–H and O–H groups in total. The van der Waals surface area contributed by atoms with E-state index >= 15 is 0 Å². The fourth-order valence-electron chi connectivity index (χ4n) is 3.25. The molecule has 2 heteroatoms. The Kier molecular flexibility index (Phi) is 3.43. The number of carbonyl (C=O) groups is 1.